The molecule has 2 N–H and O–H groups in total. The van der Waals surface area contributed by atoms with Gasteiger partial charge in [-0.2, -0.15) is 0 Å². The molecule has 1 aliphatic rings. The summed E-state index contributed by atoms with van der Waals surface area (Å²) in [5.41, 5.74) is 7.74. The van der Waals surface area contributed by atoms with Crippen molar-refractivity contribution in [3.05, 3.63) is 11.9 Å². The molecule has 0 bridgehead atoms. The maximum absolute atomic E-state index is 3.20. The lowest BCUT2D eigenvalue weighted by Gasteiger charge is -2.20. The fourth-order valence-electron chi connectivity index (χ4n) is 2.33. The van der Waals surface area contributed by atoms with Crippen LogP contribution in [0.15, 0.2) is 11.9 Å². The number of allylic oxidation sites excluding steroid dienone is 1. The van der Waals surface area contributed by atoms with E-state index < -0.39 is 0 Å². The lowest BCUT2D eigenvalue weighted by atomic mass is 10.1. The van der Waals surface area contributed by atoms with Gasteiger partial charge in [-0.3, -0.25) is 5.01 Å². The highest BCUT2D eigenvalue weighted by Gasteiger charge is 2.12. The van der Waals surface area contributed by atoms with Gasteiger partial charge in [-0.25, -0.2) is 0 Å². The molecule has 0 saturated carbocycles. The Labute approximate surface area is 113 Å². The molecule has 0 saturated heterocycles. The lowest BCUT2D eigenvalue weighted by molar-refractivity contribution is 0.239. The van der Waals surface area contributed by atoms with Gasteiger partial charge in [0.15, 0.2) is 0 Å². The molecular formula is C15H31N3. The van der Waals surface area contributed by atoms with Crippen LogP contribution in [0.25, 0.3) is 0 Å². The molecule has 0 radical (unpaired) electrons. The molecule has 0 aromatic carbocycles. The van der Waals surface area contributed by atoms with Crippen LogP contribution in [0.3, 0.4) is 0 Å². The van der Waals surface area contributed by atoms with E-state index in [0.717, 1.165) is 6.54 Å². The van der Waals surface area contributed by atoms with E-state index in [-0.39, 0.29) is 0 Å². The van der Waals surface area contributed by atoms with E-state index in [1.807, 2.05) is 0 Å². The first kappa shape index (κ1) is 15.4. The van der Waals surface area contributed by atoms with Crippen molar-refractivity contribution in [2.45, 2.75) is 78.1 Å². The van der Waals surface area contributed by atoms with Gasteiger partial charge in [-0.15, -0.1) is 5.53 Å². The van der Waals surface area contributed by atoms with E-state index in [0.29, 0.717) is 0 Å². The number of hydrazine groups is 2. The summed E-state index contributed by atoms with van der Waals surface area (Å²) in [6, 6.07) is 0. The molecule has 0 amide bonds. The second-order valence-electron chi connectivity index (χ2n) is 5.27. The Morgan fingerprint density at radius 1 is 0.889 bits per heavy atom. The van der Waals surface area contributed by atoms with E-state index in [2.05, 4.69) is 36.0 Å². The van der Waals surface area contributed by atoms with Crippen molar-refractivity contribution in [3.63, 3.8) is 0 Å². The van der Waals surface area contributed by atoms with Crippen LogP contribution < -0.4 is 11.0 Å². The van der Waals surface area contributed by atoms with Crippen LogP contribution in [-0.4, -0.2) is 11.6 Å². The summed E-state index contributed by atoms with van der Waals surface area (Å²) in [4.78, 5) is 0. The van der Waals surface area contributed by atoms with Gasteiger partial charge < -0.3 is 5.43 Å². The number of hydrogen-bond donors (Lipinski definition) is 2. The normalized spacial score (nSPS) is 14.8. The Morgan fingerprint density at radius 2 is 1.56 bits per heavy atom. The first-order valence-electron chi connectivity index (χ1n) is 7.86. The molecule has 1 aliphatic heterocycles. The first-order chi connectivity index (χ1) is 8.88. The number of nitrogens with one attached hydrogen (secondary N) is 2. The molecule has 0 spiro atoms. The van der Waals surface area contributed by atoms with Crippen molar-refractivity contribution < 1.29 is 0 Å². The van der Waals surface area contributed by atoms with E-state index in [1.165, 1.54) is 69.9 Å². The van der Waals surface area contributed by atoms with E-state index >= 15 is 0 Å². The van der Waals surface area contributed by atoms with Crippen molar-refractivity contribution in [2.24, 2.45) is 0 Å². The Hall–Kier alpha value is -0.700. The minimum absolute atomic E-state index is 1.12. The van der Waals surface area contributed by atoms with Crippen LogP contribution in [-0.2, 0) is 0 Å². The molecule has 0 atom stereocenters. The summed E-state index contributed by atoms with van der Waals surface area (Å²) in [5, 5.41) is 2.26. The number of unbranched alkanes of at least 4 members (excludes halogenated alkanes) is 7. The summed E-state index contributed by atoms with van der Waals surface area (Å²) in [5.74, 6) is 0. The third kappa shape index (κ3) is 6.29. The summed E-state index contributed by atoms with van der Waals surface area (Å²) < 4.78 is 0. The van der Waals surface area contributed by atoms with Crippen LogP contribution in [0.1, 0.15) is 78.1 Å². The molecule has 0 aromatic heterocycles. The van der Waals surface area contributed by atoms with Gasteiger partial charge in [-0.1, -0.05) is 58.8 Å². The zero-order chi connectivity index (χ0) is 13.1. The van der Waals surface area contributed by atoms with E-state index in [1.54, 1.807) is 0 Å². The van der Waals surface area contributed by atoms with Gasteiger partial charge >= 0.3 is 0 Å². The highest BCUT2D eigenvalue weighted by atomic mass is 15.7. The molecule has 0 aliphatic carbocycles. The fourth-order valence-corrected chi connectivity index (χ4v) is 2.33. The monoisotopic (exact) mass is 253 g/mol. The van der Waals surface area contributed by atoms with E-state index in [9.17, 15) is 0 Å². The molecule has 0 unspecified atom stereocenters. The predicted molar refractivity (Wildman–Crippen MR) is 78.6 cm³/mol. The minimum atomic E-state index is 1.12. The molecule has 106 valence electrons. The third-order valence-electron chi connectivity index (χ3n) is 3.56. The van der Waals surface area contributed by atoms with Crippen LogP contribution >= 0.6 is 0 Å². The zero-order valence-electron chi connectivity index (χ0n) is 12.3. The summed E-state index contributed by atoms with van der Waals surface area (Å²) in [7, 11) is 0. The third-order valence-corrected chi connectivity index (χ3v) is 3.56. The van der Waals surface area contributed by atoms with Crippen LogP contribution in [0.4, 0.5) is 0 Å². The van der Waals surface area contributed by atoms with Gasteiger partial charge in [0.05, 0.1) is 0 Å². The summed E-state index contributed by atoms with van der Waals surface area (Å²) >= 11 is 0. The highest BCUT2D eigenvalue weighted by Crippen LogP contribution is 2.16. The standard InChI is InChI=1S/C15H31N3/c1-3-5-7-8-9-10-11-12-15-14-16-17-18(15)13-6-4-2/h14,16-17H,3-13H2,1-2H3. The second-order valence-corrected chi connectivity index (χ2v) is 5.27. The molecule has 3 nitrogen and oxygen atoms in total. The van der Waals surface area contributed by atoms with Crippen molar-refractivity contribution in [1.29, 1.82) is 0 Å². The summed E-state index contributed by atoms with van der Waals surface area (Å²) in [6.07, 6.45) is 15.5. The highest BCUT2D eigenvalue weighted by molar-refractivity contribution is 5.02. The van der Waals surface area contributed by atoms with Gasteiger partial charge in [-0.05, 0) is 19.3 Å². The molecular weight excluding hydrogens is 222 g/mol. The molecule has 1 rings (SSSR count). The quantitative estimate of drug-likeness (QED) is 0.543. The predicted octanol–water partition coefficient (Wildman–Crippen LogP) is 4.09. The Morgan fingerprint density at radius 3 is 2.28 bits per heavy atom. The Bertz CT molecular complexity index is 226. The fraction of sp³-hybridized carbons (Fsp3) is 0.867. The number of hydrogen-bond acceptors (Lipinski definition) is 3. The maximum Gasteiger partial charge on any atom is 0.0483 e. The lowest BCUT2D eigenvalue weighted by Crippen LogP contribution is -2.37. The van der Waals surface area contributed by atoms with Crippen LogP contribution in [0.2, 0.25) is 0 Å². The van der Waals surface area contributed by atoms with Crippen molar-refractivity contribution >= 4 is 0 Å². The molecule has 0 fully saturated rings. The minimum Gasteiger partial charge on any atom is -0.309 e. The number of nitrogens with zero attached hydrogens (tertiary/aromatic N) is 1. The molecule has 0 aromatic rings. The maximum atomic E-state index is 3.20. The largest absolute Gasteiger partial charge is 0.309 e. The van der Waals surface area contributed by atoms with Crippen LogP contribution in [0.5, 0.6) is 0 Å². The summed E-state index contributed by atoms with van der Waals surface area (Å²) in [6.45, 7) is 5.63. The molecule has 18 heavy (non-hydrogen) atoms. The van der Waals surface area contributed by atoms with Crippen molar-refractivity contribution in [1.82, 2.24) is 16.0 Å². The van der Waals surface area contributed by atoms with E-state index in [4.69, 9.17) is 0 Å². The van der Waals surface area contributed by atoms with Gasteiger partial charge in [0.2, 0.25) is 0 Å². The SMILES string of the molecule is CCCCCCCCCC1=CNNN1CCCC. The average molecular weight is 253 g/mol. The average Bonchev–Trinajstić information content (AvgIpc) is 2.83. The van der Waals surface area contributed by atoms with Crippen molar-refractivity contribution in [3.8, 4) is 0 Å². The zero-order valence-corrected chi connectivity index (χ0v) is 12.3. The van der Waals surface area contributed by atoms with Crippen molar-refractivity contribution in [2.75, 3.05) is 6.54 Å². The first-order valence-corrected chi connectivity index (χ1v) is 7.86. The Kier molecular flexibility index (Phi) is 8.74. The van der Waals surface area contributed by atoms with Gasteiger partial charge in [0.25, 0.3) is 0 Å². The Balaban J connectivity index is 2.00. The second kappa shape index (κ2) is 10.2. The van der Waals surface area contributed by atoms with Gasteiger partial charge in [0.1, 0.15) is 0 Å². The van der Waals surface area contributed by atoms with Gasteiger partial charge in [0, 0.05) is 18.4 Å². The number of rotatable bonds is 11. The smallest absolute Gasteiger partial charge is 0.0483 e. The molecule has 3 heteroatoms. The topological polar surface area (TPSA) is 27.3 Å². The molecule has 1 heterocycles. The van der Waals surface area contributed by atoms with Crippen LogP contribution in [0, 0.1) is 0 Å².